The Labute approximate surface area is 211 Å². The molecule has 0 saturated carbocycles. The third kappa shape index (κ3) is 5.42. The highest BCUT2D eigenvalue weighted by atomic mass is 35.5. The molecule has 3 aromatic carbocycles. The molecule has 9 heteroatoms. The summed E-state index contributed by atoms with van der Waals surface area (Å²) in [5, 5.41) is 6.69. The fraction of sp³-hybridized carbons (Fsp3) is 0.0800. The molecule has 0 bridgehead atoms. The molecule has 0 fully saturated rings. The molecule has 1 heterocycles. The van der Waals surface area contributed by atoms with Crippen LogP contribution in [0.25, 0.3) is 6.08 Å². The number of fused-ring (bicyclic) bond motifs is 1. The van der Waals surface area contributed by atoms with Gasteiger partial charge >= 0.3 is 0 Å². The monoisotopic (exact) mass is 513 g/mol. The maximum Gasteiger partial charge on any atom is 0.251 e. The minimum atomic E-state index is -1.06. The van der Waals surface area contributed by atoms with Gasteiger partial charge in [0.15, 0.2) is 0 Å². The minimum Gasteiger partial charge on any atom is -0.326 e. The predicted octanol–water partition coefficient (Wildman–Crippen LogP) is 6.04. The van der Waals surface area contributed by atoms with Crippen molar-refractivity contribution < 1.29 is 14.4 Å². The van der Waals surface area contributed by atoms with Crippen molar-refractivity contribution in [3.05, 3.63) is 93.4 Å². The van der Waals surface area contributed by atoms with E-state index in [-0.39, 0.29) is 11.4 Å². The van der Waals surface area contributed by atoms with E-state index in [2.05, 4.69) is 10.6 Å². The lowest BCUT2D eigenvalue weighted by atomic mass is 10.0. The first-order valence-corrected chi connectivity index (χ1v) is 11.4. The highest BCUT2D eigenvalue weighted by Gasteiger charge is 2.37. The number of nitrogens with zero attached hydrogens (tertiary/aromatic N) is 1. The zero-order valence-electron chi connectivity index (χ0n) is 17.6. The first-order valence-electron chi connectivity index (χ1n) is 10.2. The lowest BCUT2D eigenvalue weighted by Gasteiger charge is -2.35. The number of rotatable bonds is 5. The van der Waals surface area contributed by atoms with Gasteiger partial charge in [-0.3, -0.25) is 19.3 Å². The number of amides is 3. The highest BCUT2D eigenvalue weighted by Crippen LogP contribution is 2.33. The Hall–Kier alpha value is -3.32. The van der Waals surface area contributed by atoms with Gasteiger partial charge in [-0.1, -0.05) is 59.1 Å². The fourth-order valence-corrected chi connectivity index (χ4v) is 3.95. The van der Waals surface area contributed by atoms with Gasteiger partial charge in [0.2, 0.25) is 11.8 Å². The van der Waals surface area contributed by atoms with Gasteiger partial charge in [-0.15, -0.1) is 0 Å². The number of carbonyl (C=O) groups is 3. The molecule has 3 amide bonds. The zero-order chi connectivity index (χ0) is 24.2. The number of hydrogen-bond donors (Lipinski definition) is 2. The molecule has 2 N–H and O–H groups in total. The van der Waals surface area contributed by atoms with Crippen LogP contribution in [0, 0.1) is 0 Å². The van der Waals surface area contributed by atoms with E-state index >= 15 is 0 Å². The maximum absolute atomic E-state index is 13.2. The van der Waals surface area contributed by atoms with Crippen LogP contribution in [0.5, 0.6) is 0 Å². The molecule has 0 aromatic heterocycles. The van der Waals surface area contributed by atoms with Gasteiger partial charge in [-0.2, -0.15) is 0 Å². The van der Waals surface area contributed by atoms with Gasteiger partial charge in [0.05, 0.1) is 27.8 Å². The Bertz CT molecular complexity index is 1290. The van der Waals surface area contributed by atoms with Gasteiger partial charge in [0, 0.05) is 16.8 Å². The van der Waals surface area contributed by atoms with Crippen LogP contribution >= 0.6 is 34.8 Å². The van der Waals surface area contributed by atoms with Crippen molar-refractivity contribution in [2.75, 3.05) is 15.5 Å². The van der Waals surface area contributed by atoms with Crippen LogP contribution in [-0.2, 0) is 14.4 Å². The quantitative estimate of drug-likeness (QED) is 0.407. The molecular formula is C25H18Cl3N3O3. The summed E-state index contributed by atoms with van der Waals surface area (Å²) in [5.41, 5.74) is 2.18. The van der Waals surface area contributed by atoms with E-state index in [1.165, 1.54) is 17.0 Å². The van der Waals surface area contributed by atoms with Gasteiger partial charge in [-0.05, 0) is 54.1 Å². The van der Waals surface area contributed by atoms with Crippen LogP contribution in [0.15, 0.2) is 72.8 Å². The fourth-order valence-electron chi connectivity index (χ4n) is 3.53. The molecule has 34 heavy (non-hydrogen) atoms. The second kappa shape index (κ2) is 10.3. The summed E-state index contributed by atoms with van der Waals surface area (Å²) >= 11 is 17.8. The smallest absolute Gasteiger partial charge is 0.251 e. The van der Waals surface area contributed by atoms with E-state index in [0.29, 0.717) is 27.1 Å². The van der Waals surface area contributed by atoms with Crippen molar-refractivity contribution in [2.24, 2.45) is 0 Å². The molecule has 0 spiro atoms. The Kier molecular flexibility index (Phi) is 7.22. The molecule has 1 aliphatic heterocycles. The molecule has 1 unspecified atom stereocenters. The summed E-state index contributed by atoms with van der Waals surface area (Å²) < 4.78 is 0. The van der Waals surface area contributed by atoms with Crippen molar-refractivity contribution in [1.82, 2.24) is 0 Å². The van der Waals surface area contributed by atoms with Crippen molar-refractivity contribution in [3.8, 4) is 0 Å². The van der Waals surface area contributed by atoms with E-state index in [9.17, 15) is 14.4 Å². The molecule has 3 aromatic rings. The number of hydrogen-bond acceptors (Lipinski definition) is 3. The Morgan fingerprint density at radius 1 is 0.971 bits per heavy atom. The lowest BCUT2D eigenvalue weighted by molar-refractivity contribution is -0.124. The van der Waals surface area contributed by atoms with Gasteiger partial charge < -0.3 is 10.6 Å². The van der Waals surface area contributed by atoms with E-state index in [1.807, 2.05) is 0 Å². The Morgan fingerprint density at radius 3 is 2.44 bits per heavy atom. The van der Waals surface area contributed by atoms with Gasteiger partial charge in [0.25, 0.3) is 5.91 Å². The van der Waals surface area contributed by atoms with Crippen molar-refractivity contribution in [2.45, 2.75) is 12.5 Å². The summed E-state index contributed by atoms with van der Waals surface area (Å²) in [4.78, 5) is 40.3. The zero-order valence-corrected chi connectivity index (χ0v) is 19.9. The lowest BCUT2D eigenvalue weighted by Crippen LogP contribution is -2.52. The summed E-state index contributed by atoms with van der Waals surface area (Å²) in [6.07, 6.45) is 2.73. The molecule has 1 atom stereocenters. The van der Waals surface area contributed by atoms with E-state index < -0.39 is 23.8 Å². The molecule has 172 valence electrons. The van der Waals surface area contributed by atoms with Crippen LogP contribution < -0.4 is 15.5 Å². The Balaban J connectivity index is 1.59. The predicted molar refractivity (Wildman–Crippen MR) is 137 cm³/mol. The van der Waals surface area contributed by atoms with Crippen molar-refractivity contribution in [3.63, 3.8) is 0 Å². The van der Waals surface area contributed by atoms with E-state index in [0.717, 1.165) is 5.56 Å². The van der Waals surface area contributed by atoms with Crippen molar-refractivity contribution in [1.29, 1.82) is 0 Å². The minimum absolute atomic E-state index is 0.263. The second-order valence-corrected chi connectivity index (χ2v) is 8.75. The molecule has 0 aliphatic carbocycles. The molecule has 6 nitrogen and oxygen atoms in total. The number of nitrogens with one attached hydrogen (secondary N) is 2. The highest BCUT2D eigenvalue weighted by molar-refractivity contribution is 6.42. The average molecular weight is 515 g/mol. The molecule has 1 aliphatic rings. The summed E-state index contributed by atoms with van der Waals surface area (Å²) in [7, 11) is 0. The van der Waals surface area contributed by atoms with Crippen LogP contribution in [-0.4, -0.2) is 23.8 Å². The molecule has 0 radical (unpaired) electrons. The molecule has 0 saturated heterocycles. The van der Waals surface area contributed by atoms with Crippen LogP contribution in [0.2, 0.25) is 15.1 Å². The largest absolute Gasteiger partial charge is 0.326 e. The standard InChI is InChI=1S/C25H18Cl3N3O3/c26-16-8-5-15(6-9-16)7-12-24(33)31-21-4-2-1-3-20(21)30-25(34)22(31)14-23(32)29-17-10-11-18(27)19(28)13-17/h1-13,22H,14H2,(H,29,32)(H,30,34)/b12-7+. The van der Waals surface area contributed by atoms with Gasteiger partial charge in [0.1, 0.15) is 6.04 Å². The average Bonchev–Trinajstić information content (AvgIpc) is 2.81. The van der Waals surface area contributed by atoms with Crippen LogP contribution in [0.4, 0.5) is 17.1 Å². The second-order valence-electron chi connectivity index (χ2n) is 7.50. The molecule has 4 rings (SSSR count). The number of anilines is 3. The summed E-state index contributed by atoms with van der Waals surface area (Å²) in [6, 6.07) is 17.5. The summed E-state index contributed by atoms with van der Waals surface area (Å²) in [6.45, 7) is 0. The summed E-state index contributed by atoms with van der Waals surface area (Å²) in [5.74, 6) is -1.36. The van der Waals surface area contributed by atoms with Crippen LogP contribution in [0.1, 0.15) is 12.0 Å². The number of carbonyl (C=O) groups excluding carboxylic acids is 3. The topological polar surface area (TPSA) is 78.5 Å². The van der Waals surface area contributed by atoms with E-state index in [4.69, 9.17) is 34.8 Å². The normalized spacial score (nSPS) is 15.1. The number of para-hydroxylation sites is 2. The van der Waals surface area contributed by atoms with Crippen molar-refractivity contribution >= 4 is 75.7 Å². The third-order valence-corrected chi connectivity index (χ3v) is 6.13. The third-order valence-electron chi connectivity index (χ3n) is 5.14. The number of benzene rings is 3. The first kappa shape index (κ1) is 23.8. The van der Waals surface area contributed by atoms with E-state index in [1.54, 1.807) is 66.7 Å². The van der Waals surface area contributed by atoms with Crippen LogP contribution in [0.3, 0.4) is 0 Å². The van der Waals surface area contributed by atoms with Gasteiger partial charge in [-0.25, -0.2) is 0 Å². The first-order chi connectivity index (χ1) is 16.3. The Morgan fingerprint density at radius 2 is 1.71 bits per heavy atom. The maximum atomic E-state index is 13.2. The SMILES string of the molecule is O=C(CC1C(=O)Nc2ccccc2N1C(=O)/C=C/c1ccc(Cl)cc1)Nc1ccc(Cl)c(Cl)c1. The number of halogens is 3. The molecular weight excluding hydrogens is 497 g/mol.